The average Bonchev–Trinajstić information content (AvgIpc) is 2.54. The highest BCUT2D eigenvalue weighted by molar-refractivity contribution is 7.89. The number of hydrogen-bond donors (Lipinski definition) is 2. The standard InChI is InChI=1S/C11H17NO4S2/c1-6(2)10(11(13)14)12-18(15,16)9-5-7(3)17-8(9)4/h5-6,10,12H,1-4H3,(H,13,14). The number of rotatable bonds is 5. The van der Waals surface area contributed by atoms with Gasteiger partial charge < -0.3 is 5.11 Å². The molecule has 1 aromatic heterocycles. The molecule has 0 amide bonds. The maximum absolute atomic E-state index is 12.1. The van der Waals surface area contributed by atoms with Crippen LogP contribution in [0.25, 0.3) is 0 Å². The molecule has 0 aliphatic heterocycles. The lowest BCUT2D eigenvalue weighted by Gasteiger charge is -2.17. The molecule has 1 heterocycles. The third-order valence-corrected chi connectivity index (χ3v) is 5.16. The van der Waals surface area contributed by atoms with Crippen LogP contribution in [0.2, 0.25) is 0 Å². The Kier molecular flexibility index (Phi) is 4.52. The Hall–Kier alpha value is -0.920. The second-order valence-corrected chi connectivity index (χ2v) is 7.60. The first-order valence-electron chi connectivity index (χ1n) is 5.47. The molecule has 7 heteroatoms. The third kappa shape index (κ3) is 3.30. The zero-order valence-electron chi connectivity index (χ0n) is 10.7. The first-order chi connectivity index (χ1) is 8.15. The fourth-order valence-electron chi connectivity index (χ4n) is 1.58. The van der Waals surface area contributed by atoms with E-state index in [1.807, 2.05) is 6.92 Å². The minimum Gasteiger partial charge on any atom is -0.480 e. The summed E-state index contributed by atoms with van der Waals surface area (Å²) >= 11 is 1.37. The van der Waals surface area contributed by atoms with Crippen molar-refractivity contribution in [3.8, 4) is 0 Å². The molecule has 1 atom stereocenters. The molecule has 1 unspecified atom stereocenters. The molecule has 0 aromatic carbocycles. The van der Waals surface area contributed by atoms with Gasteiger partial charge in [-0.15, -0.1) is 11.3 Å². The van der Waals surface area contributed by atoms with Crippen LogP contribution in [0.3, 0.4) is 0 Å². The molecule has 0 saturated carbocycles. The molecule has 2 N–H and O–H groups in total. The van der Waals surface area contributed by atoms with Gasteiger partial charge >= 0.3 is 5.97 Å². The molecule has 0 aliphatic rings. The minimum absolute atomic E-state index is 0.164. The summed E-state index contributed by atoms with van der Waals surface area (Å²) in [5, 5.41) is 9.00. The number of sulfonamides is 1. The lowest BCUT2D eigenvalue weighted by atomic mass is 10.1. The van der Waals surface area contributed by atoms with Crippen LogP contribution in [0, 0.1) is 19.8 Å². The minimum atomic E-state index is -3.78. The maximum Gasteiger partial charge on any atom is 0.322 e. The Balaban J connectivity index is 3.08. The Bertz CT molecular complexity index is 545. The van der Waals surface area contributed by atoms with Crippen LogP contribution in [0.1, 0.15) is 23.6 Å². The van der Waals surface area contributed by atoms with Crippen molar-refractivity contribution in [3.05, 3.63) is 15.8 Å². The first-order valence-corrected chi connectivity index (χ1v) is 7.77. The van der Waals surface area contributed by atoms with E-state index in [0.29, 0.717) is 4.88 Å². The van der Waals surface area contributed by atoms with Gasteiger partial charge in [-0.3, -0.25) is 4.79 Å². The number of aryl methyl sites for hydroxylation is 2. The molecule has 18 heavy (non-hydrogen) atoms. The second kappa shape index (κ2) is 5.38. The van der Waals surface area contributed by atoms with Crippen molar-refractivity contribution in [3.63, 3.8) is 0 Å². The summed E-state index contributed by atoms with van der Waals surface area (Å²) in [6.45, 7) is 6.84. The van der Waals surface area contributed by atoms with Gasteiger partial charge in [0.15, 0.2) is 0 Å². The number of carboxylic acids is 1. The fraction of sp³-hybridized carbons (Fsp3) is 0.545. The molecule has 0 saturated heterocycles. The summed E-state index contributed by atoms with van der Waals surface area (Å²) < 4.78 is 26.5. The Labute approximate surface area is 111 Å². The van der Waals surface area contributed by atoms with Crippen molar-refractivity contribution in [2.75, 3.05) is 0 Å². The van der Waals surface area contributed by atoms with Gasteiger partial charge in [0.05, 0.1) is 4.90 Å². The van der Waals surface area contributed by atoms with Crippen LogP contribution in [-0.4, -0.2) is 25.5 Å². The normalized spacial score (nSPS) is 13.8. The van der Waals surface area contributed by atoms with Crippen molar-refractivity contribution >= 4 is 27.3 Å². The smallest absolute Gasteiger partial charge is 0.322 e. The molecule has 5 nitrogen and oxygen atoms in total. The Morgan fingerprint density at radius 2 is 1.94 bits per heavy atom. The van der Waals surface area contributed by atoms with E-state index in [2.05, 4.69) is 4.72 Å². The molecule has 0 aliphatic carbocycles. The van der Waals surface area contributed by atoms with Gasteiger partial charge in [-0.25, -0.2) is 8.42 Å². The predicted molar refractivity (Wildman–Crippen MR) is 70.4 cm³/mol. The number of hydrogen-bond acceptors (Lipinski definition) is 4. The summed E-state index contributed by atoms with van der Waals surface area (Å²) in [6.07, 6.45) is 0. The highest BCUT2D eigenvalue weighted by Crippen LogP contribution is 2.25. The number of aliphatic carboxylic acids is 1. The monoisotopic (exact) mass is 291 g/mol. The van der Waals surface area contributed by atoms with Gasteiger partial charge in [0.2, 0.25) is 10.0 Å². The van der Waals surface area contributed by atoms with Crippen LogP contribution in [-0.2, 0) is 14.8 Å². The lowest BCUT2D eigenvalue weighted by molar-refractivity contribution is -0.140. The van der Waals surface area contributed by atoms with Crippen LogP contribution < -0.4 is 4.72 Å². The van der Waals surface area contributed by atoms with Gasteiger partial charge in [0, 0.05) is 9.75 Å². The summed E-state index contributed by atoms with van der Waals surface area (Å²) in [5.41, 5.74) is 0. The van der Waals surface area contributed by atoms with E-state index in [4.69, 9.17) is 5.11 Å². The van der Waals surface area contributed by atoms with E-state index in [1.54, 1.807) is 26.8 Å². The van der Waals surface area contributed by atoms with Crippen LogP contribution in [0.15, 0.2) is 11.0 Å². The topological polar surface area (TPSA) is 83.5 Å². The van der Waals surface area contributed by atoms with Gasteiger partial charge in [0.1, 0.15) is 6.04 Å². The van der Waals surface area contributed by atoms with Crippen LogP contribution in [0.5, 0.6) is 0 Å². The molecular weight excluding hydrogens is 274 g/mol. The van der Waals surface area contributed by atoms with Crippen molar-refractivity contribution < 1.29 is 18.3 Å². The van der Waals surface area contributed by atoms with Crippen molar-refractivity contribution in [2.45, 2.75) is 38.6 Å². The van der Waals surface area contributed by atoms with Gasteiger partial charge in [0.25, 0.3) is 0 Å². The van der Waals surface area contributed by atoms with Crippen LogP contribution in [0.4, 0.5) is 0 Å². The van der Waals surface area contributed by atoms with Crippen molar-refractivity contribution in [1.82, 2.24) is 4.72 Å². The second-order valence-electron chi connectivity index (χ2n) is 4.46. The van der Waals surface area contributed by atoms with Gasteiger partial charge in [-0.2, -0.15) is 4.72 Å². The molecule has 102 valence electrons. The largest absolute Gasteiger partial charge is 0.480 e. The summed E-state index contributed by atoms with van der Waals surface area (Å²) in [4.78, 5) is 12.7. The quantitative estimate of drug-likeness (QED) is 0.865. The number of carboxylic acid groups (broad SMARTS) is 1. The molecule has 0 bridgehead atoms. The SMILES string of the molecule is Cc1cc(S(=O)(=O)NC(C(=O)O)C(C)C)c(C)s1. The summed E-state index contributed by atoms with van der Waals surface area (Å²) in [5.74, 6) is -1.49. The lowest BCUT2D eigenvalue weighted by Crippen LogP contribution is -2.44. The summed E-state index contributed by atoms with van der Waals surface area (Å²) in [7, 11) is -3.78. The van der Waals surface area contributed by atoms with E-state index in [0.717, 1.165) is 4.88 Å². The van der Waals surface area contributed by atoms with E-state index in [-0.39, 0.29) is 10.8 Å². The molecule has 0 fully saturated rings. The fourth-order valence-corrected chi connectivity index (χ4v) is 4.47. The third-order valence-electron chi connectivity index (χ3n) is 2.50. The number of carbonyl (C=O) groups is 1. The van der Waals surface area contributed by atoms with Crippen molar-refractivity contribution in [1.29, 1.82) is 0 Å². The van der Waals surface area contributed by atoms with Crippen molar-refractivity contribution in [2.24, 2.45) is 5.92 Å². The van der Waals surface area contributed by atoms with E-state index in [1.165, 1.54) is 11.3 Å². The highest BCUT2D eigenvalue weighted by atomic mass is 32.2. The number of nitrogens with one attached hydrogen (secondary N) is 1. The Morgan fingerprint density at radius 3 is 2.28 bits per heavy atom. The average molecular weight is 291 g/mol. The first kappa shape index (κ1) is 15.1. The van der Waals surface area contributed by atoms with E-state index < -0.39 is 22.0 Å². The molecule has 0 radical (unpaired) electrons. The predicted octanol–water partition coefficient (Wildman–Crippen LogP) is 1.75. The zero-order valence-corrected chi connectivity index (χ0v) is 12.4. The maximum atomic E-state index is 12.1. The molecule has 0 spiro atoms. The van der Waals surface area contributed by atoms with Gasteiger partial charge in [-0.05, 0) is 25.8 Å². The molecule has 1 rings (SSSR count). The molecular formula is C11H17NO4S2. The van der Waals surface area contributed by atoms with E-state index >= 15 is 0 Å². The summed E-state index contributed by atoms with van der Waals surface area (Å²) in [6, 6.07) is 0.441. The zero-order chi connectivity index (χ0) is 14.1. The van der Waals surface area contributed by atoms with Crippen LogP contribution >= 0.6 is 11.3 Å². The molecule has 1 aromatic rings. The highest BCUT2D eigenvalue weighted by Gasteiger charge is 2.29. The van der Waals surface area contributed by atoms with E-state index in [9.17, 15) is 13.2 Å². The number of thiophene rings is 1. The van der Waals surface area contributed by atoms with Gasteiger partial charge in [-0.1, -0.05) is 13.8 Å². The Morgan fingerprint density at radius 1 is 1.39 bits per heavy atom.